The highest BCUT2D eigenvalue weighted by molar-refractivity contribution is 6.99. The molecule has 3 nitrogen and oxygen atoms in total. The molecule has 8 rings (SSSR count). The van der Waals surface area contributed by atoms with Crippen LogP contribution in [-0.2, 0) is 0 Å². The van der Waals surface area contributed by atoms with Crippen LogP contribution in [0.15, 0.2) is 146 Å². The van der Waals surface area contributed by atoms with E-state index in [0.29, 0.717) is 0 Å². The number of ether oxygens (including phenoxy) is 1. The summed E-state index contributed by atoms with van der Waals surface area (Å²) in [5, 5.41) is 2.56. The number of fused-ring (bicyclic) bond motifs is 7. The van der Waals surface area contributed by atoms with Crippen LogP contribution in [0.3, 0.4) is 0 Å². The first-order valence-electron chi connectivity index (χ1n) is 14.0. The van der Waals surface area contributed by atoms with E-state index in [2.05, 4.69) is 125 Å². The van der Waals surface area contributed by atoms with E-state index in [9.17, 15) is 0 Å². The van der Waals surface area contributed by atoms with E-state index in [0.717, 1.165) is 34.0 Å². The lowest BCUT2D eigenvalue weighted by Crippen LogP contribution is -2.58. The van der Waals surface area contributed by atoms with Crippen molar-refractivity contribution >= 4 is 56.3 Å². The first-order valence-corrected chi connectivity index (χ1v) is 14.0. The van der Waals surface area contributed by atoms with E-state index in [-0.39, 0.29) is 6.71 Å². The van der Waals surface area contributed by atoms with Gasteiger partial charge in [0.25, 0.3) is 6.71 Å². The van der Waals surface area contributed by atoms with Gasteiger partial charge in [0.15, 0.2) is 0 Å². The van der Waals surface area contributed by atoms with Gasteiger partial charge in [0.2, 0.25) is 0 Å². The summed E-state index contributed by atoms with van der Waals surface area (Å²) < 4.78 is 9.05. The van der Waals surface area contributed by atoms with Crippen molar-refractivity contribution in [2.24, 2.45) is 0 Å². The highest BCUT2D eigenvalue weighted by Gasteiger charge is 2.40. The van der Waals surface area contributed by atoms with Crippen LogP contribution in [0.2, 0.25) is 0 Å². The number of aromatic nitrogens is 1. The van der Waals surface area contributed by atoms with Gasteiger partial charge in [-0.1, -0.05) is 85.5 Å². The van der Waals surface area contributed by atoms with E-state index in [1.807, 2.05) is 31.2 Å². The third kappa shape index (κ3) is 3.47. The van der Waals surface area contributed by atoms with Gasteiger partial charge >= 0.3 is 0 Å². The number of para-hydroxylation sites is 3. The van der Waals surface area contributed by atoms with Crippen LogP contribution in [0.25, 0.3) is 27.5 Å². The van der Waals surface area contributed by atoms with E-state index < -0.39 is 0 Å². The van der Waals surface area contributed by atoms with E-state index >= 15 is 0 Å². The molecule has 4 heteroatoms. The maximum Gasteiger partial charge on any atom is 0.256 e. The molecule has 0 radical (unpaired) electrons. The highest BCUT2D eigenvalue weighted by atomic mass is 16.5. The molecule has 1 aromatic heterocycles. The molecule has 0 aliphatic carbocycles. The number of anilines is 2. The van der Waals surface area contributed by atoms with Crippen molar-refractivity contribution in [2.75, 3.05) is 4.90 Å². The number of benzene rings is 5. The fraction of sp³-hybridized carbons (Fsp3) is 0.0270. The van der Waals surface area contributed by atoms with Crippen molar-refractivity contribution in [3.8, 4) is 17.2 Å². The van der Waals surface area contributed by atoms with Gasteiger partial charge in [-0.15, -0.1) is 0 Å². The molecule has 2 aliphatic heterocycles. The summed E-state index contributed by atoms with van der Waals surface area (Å²) in [5.41, 5.74) is 10.4. The predicted octanol–water partition coefficient (Wildman–Crippen LogP) is 7.50. The Labute approximate surface area is 240 Å². The lowest BCUT2D eigenvalue weighted by Gasteiger charge is -2.34. The Balaban J connectivity index is 1.38. The Morgan fingerprint density at radius 2 is 1.56 bits per heavy atom. The lowest BCUT2D eigenvalue weighted by molar-refractivity contribution is 0.487. The predicted molar refractivity (Wildman–Crippen MR) is 174 cm³/mol. The Morgan fingerprint density at radius 1 is 0.756 bits per heavy atom. The van der Waals surface area contributed by atoms with Gasteiger partial charge in [-0.3, -0.25) is 0 Å². The van der Waals surface area contributed by atoms with Crippen LogP contribution in [0.1, 0.15) is 6.92 Å². The largest absolute Gasteiger partial charge is 0.458 e. The summed E-state index contributed by atoms with van der Waals surface area (Å²) in [6.07, 6.45) is 8.12. The molecule has 2 aliphatic rings. The quantitative estimate of drug-likeness (QED) is 0.171. The summed E-state index contributed by atoms with van der Waals surface area (Å²) in [4.78, 5) is 2.21. The maximum absolute atomic E-state index is 6.63. The van der Waals surface area contributed by atoms with E-state index in [1.165, 1.54) is 38.4 Å². The Hall–Kier alpha value is -5.22. The molecule has 0 atom stereocenters. The number of allylic oxidation sites excluding steroid dienone is 4. The van der Waals surface area contributed by atoms with E-state index in [4.69, 9.17) is 4.74 Å². The lowest BCUT2D eigenvalue weighted by atomic mass is 9.34. The molecule has 0 amide bonds. The number of nitrogens with zero attached hydrogens (tertiary/aromatic N) is 2. The molecule has 0 spiro atoms. The first kappa shape index (κ1) is 23.7. The molecule has 3 heterocycles. The van der Waals surface area contributed by atoms with Crippen molar-refractivity contribution in [3.05, 3.63) is 146 Å². The van der Waals surface area contributed by atoms with Gasteiger partial charge < -0.3 is 14.2 Å². The Morgan fingerprint density at radius 3 is 2.44 bits per heavy atom. The van der Waals surface area contributed by atoms with Crippen molar-refractivity contribution in [3.63, 3.8) is 0 Å². The van der Waals surface area contributed by atoms with E-state index in [1.54, 1.807) is 0 Å². The van der Waals surface area contributed by atoms with Crippen LogP contribution in [0.5, 0.6) is 11.5 Å². The molecule has 194 valence electrons. The van der Waals surface area contributed by atoms with Gasteiger partial charge in [0.1, 0.15) is 11.5 Å². The van der Waals surface area contributed by atoms with Crippen molar-refractivity contribution in [1.29, 1.82) is 0 Å². The van der Waals surface area contributed by atoms with Gasteiger partial charge in [0, 0.05) is 39.0 Å². The maximum atomic E-state index is 6.63. The van der Waals surface area contributed by atoms with Gasteiger partial charge in [0.05, 0.1) is 5.52 Å². The summed E-state index contributed by atoms with van der Waals surface area (Å²) in [7, 11) is 0. The van der Waals surface area contributed by atoms with Crippen molar-refractivity contribution in [1.82, 2.24) is 4.57 Å². The average Bonchev–Trinajstić information content (AvgIpc) is 3.35. The van der Waals surface area contributed by atoms with Gasteiger partial charge in [-0.25, -0.2) is 0 Å². The van der Waals surface area contributed by atoms with Crippen LogP contribution >= 0.6 is 0 Å². The monoisotopic (exact) mass is 526 g/mol. The average molecular weight is 526 g/mol. The molecular weight excluding hydrogens is 499 g/mol. The van der Waals surface area contributed by atoms with Crippen LogP contribution in [0.4, 0.5) is 11.4 Å². The van der Waals surface area contributed by atoms with Crippen molar-refractivity contribution < 1.29 is 4.74 Å². The fourth-order valence-corrected chi connectivity index (χ4v) is 6.64. The summed E-state index contributed by atoms with van der Waals surface area (Å²) >= 11 is 0. The number of hydrogen-bond donors (Lipinski definition) is 0. The Bertz CT molecular complexity index is 2070. The van der Waals surface area contributed by atoms with Crippen LogP contribution < -0.4 is 26.0 Å². The topological polar surface area (TPSA) is 17.4 Å². The molecule has 0 unspecified atom stereocenters. The summed E-state index contributed by atoms with van der Waals surface area (Å²) in [6, 6.07) is 38.8. The molecule has 0 fully saturated rings. The minimum Gasteiger partial charge on any atom is -0.458 e. The number of hydrogen-bond acceptors (Lipinski definition) is 2. The molecular formula is C37H27BN2O. The molecule has 6 aromatic rings. The van der Waals surface area contributed by atoms with Crippen molar-refractivity contribution in [2.45, 2.75) is 6.92 Å². The molecule has 0 saturated heterocycles. The Kier molecular flexibility index (Phi) is 5.29. The van der Waals surface area contributed by atoms with Gasteiger partial charge in [-0.05, 0) is 77.9 Å². The summed E-state index contributed by atoms with van der Waals surface area (Å²) in [6.45, 7) is 6.51. The third-order valence-corrected chi connectivity index (χ3v) is 8.29. The highest BCUT2D eigenvalue weighted by Crippen LogP contribution is 2.38. The summed E-state index contributed by atoms with van der Waals surface area (Å²) in [5.74, 6) is 1.82. The minimum absolute atomic E-state index is 0.0508. The standard InChI is InChI=1S/C37H27BN2O/c1-3-4-6-13-25(2)39(26-14-7-5-8-15-26)27-22-23-34-31(24-27)38-30-18-11-17-29-28-16-9-10-19-32(28)40(37(29)30)33-20-12-21-35(41-34)36(33)38/h3-24H,2H2,1H3/b4-3-,13-6-. The fourth-order valence-electron chi connectivity index (χ4n) is 6.64. The zero-order valence-electron chi connectivity index (χ0n) is 22.8. The first-order chi connectivity index (χ1) is 20.2. The third-order valence-electron chi connectivity index (χ3n) is 8.29. The zero-order chi connectivity index (χ0) is 27.5. The molecule has 0 bridgehead atoms. The second kappa shape index (κ2) is 9.17. The molecule has 0 saturated carbocycles. The minimum atomic E-state index is 0.0508. The molecule has 5 aromatic carbocycles. The number of rotatable bonds is 5. The second-order valence-electron chi connectivity index (χ2n) is 10.6. The molecule has 0 N–H and O–H groups in total. The SMILES string of the molecule is C=C(/C=C\C=C/C)N(c1ccccc1)c1ccc2c(c1)B1c3c(cccc3-n3c4ccccc4c4cccc1c43)O2. The van der Waals surface area contributed by atoms with Gasteiger partial charge in [-0.2, -0.15) is 0 Å². The smallest absolute Gasteiger partial charge is 0.256 e. The van der Waals surface area contributed by atoms with Crippen LogP contribution in [-0.4, -0.2) is 11.3 Å². The normalized spacial score (nSPS) is 13.0. The van der Waals surface area contributed by atoms with Crippen LogP contribution in [0, 0.1) is 0 Å². The zero-order valence-corrected chi connectivity index (χ0v) is 22.8. The molecule has 41 heavy (non-hydrogen) atoms. The second-order valence-corrected chi connectivity index (χ2v) is 10.6.